The molecule has 1 rings (SSSR count). The normalized spacial score (nSPS) is 9.57. The number of primary amides is 1. The topological polar surface area (TPSA) is 143 Å². The maximum absolute atomic E-state index is 11.6. The highest BCUT2D eigenvalue weighted by Gasteiger charge is 2.12. The minimum Gasteiger partial charge on any atom is -0.496 e. The van der Waals surface area contributed by atoms with Crippen LogP contribution in [0.2, 0.25) is 0 Å². The summed E-state index contributed by atoms with van der Waals surface area (Å²) in [5.41, 5.74) is 5.23. The van der Waals surface area contributed by atoms with Crippen LogP contribution < -0.4 is 26.4 Å². The van der Waals surface area contributed by atoms with Gasteiger partial charge in [-0.2, -0.15) is 0 Å². The number of urea groups is 2. The number of carbonyl (C=O) groups excluding carboxylic acids is 2. The third-order valence-electron chi connectivity index (χ3n) is 2.40. The molecule has 0 spiro atoms. The van der Waals surface area contributed by atoms with Crippen molar-refractivity contribution in [3.05, 3.63) is 23.8 Å². The zero-order valence-electron chi connectivity index (χ0n) is 11.3. The number of nitrogens with one attached hydrogen (secondary N) is 3. The Morgan fingerprint density at radius 2 is 1.90 bits per heavy atom. The summed E-state index contributed by atoms with van der Waals surface area (Å²) in [4.78, 5) is 32.9. The molecule has 1 aromatic rings. The van der Waals surface area contributed by atoms with Gasteiger partial charge in [0.05, 0.1) is 7.11 Å². The van der Waals surface area contributed by atoms with Crippen molar-refractivity contribution in [3.63, 3.8) is 0 Å². The average molecular weight is 296 g/mol. The number of carboxylic acids is 1. The summed E-state index contributed by atoms with van der Waals surface area (Å²) < 4.78 is 4.94. The van der Waals surface area contributed by atoms with Gasteiger partial charge >= 0.3 is 18.0 Å². The number of ether oxygens (including phenoxy) is 1. The van der Waals surface area contributed by atoms with Gasteiger partial charge in [-0.05, 0) is 12.1 Å². The second-order valence-corrected chi connectivity index (χ2v) is 3.89. The van der Waals surface area contributed by atoms with Crippen LogP contribution in [0.25, 0.3) is 0 Å². The Balaban J connectivity index is 2.56. The zero-order valence-corrected chi connectivity index (χ0v) is 11.3. The highest BCUT2D eigenvalue weighted by Crippen LogP contribution is 2.23. The highest BCUT2D eigenvalue weighted by atomic mass is 16.5. The quantitative estimate of drug-likeness (QED) is 0.476. The third-order valence-corrected chi connectivity index (χ3v) is 2.40. The van der Waals surface area contributed by atoms with Gasteiger partial charge in [0, 0.05) is 24.8 Å². The van der Waals surface area contributed by atoms with Crippen molar-refractivity contribution in [2.75, 3.05) is 25.5 Å². The summed E-state index contributed by atoms with van der Waals surface area (Å²) >= 11 is 0. The third kappa shape index (κ3) is 5.27. The Hall–Kier alpha value is -2.97. The lowest BCUT2D eigenvalue weighted by Crippen LogP contribution is -2.38. The second kappa shape index (κ2) is 7.58. The van der Waals surface area contributed by atoms with E-state index in [0.29, 0.717) is 5.69 Å². The van der Waals surface area contributed by atoms with Crippen LogP contribution in [0.3, 0.4) is 0 Å². The molecule has 0 saturated heterocycles. The van der Waals surface area contributed by atoms with E-state index >= 15 is 0 Å². The molecule has 0 unspecified atom stereocenters. The van der Waals surface area contributed by atoms with Gasteiger partial charge in [0.25, 0.3) is 0 Å². The Labute approximate surface area is 120 Å². The van der Waals surface area contributed by atoms with E-state index in [2.05, 4.69) is 16.0 Å². The fraction of sp³-hybridized carbons (Fsp3) is 0.250. The Kier molecular flexibility index (Phi) is 5.80. The van der Waals surface area contributed by atoms with Crippen LogP contribution in [0.5, 0.6) is 5.75 Å². The fourth-order valence-corrected chi connectivity index (χ4v) is 1.48. The van der Waals surface area contributed by atoms with Crippen molar-refractivity contribution in [2.45, 2.75) is 0 Å². The lowest BCUT2D eigenvalue weighted by atomic mass is 10.2. The SMILES string of the molecule is COc1cc(NC(=O)NCCNC(N)=O)ccc1C(=O)O. The second-order valence-electron chi connectivity index (χ2n) is 3.89. The number of hydrogen-bond donors (Lipinski definition) is 5. The van der Waals surface area contributed by atoms with Crippen molar-refractivity contribution in [1.82, 2.24) is 10.6 Å². The van der Waals surface area contributed by atoms with Crippen molar-refractivity contribution < 1.29 is 24.2 Å². The summed E-state index contributed by atoms with van der Waals surface area (Å²) in [5, 5.41) is 16.2. The summed E-state index contributed by atoms with van der Waals surface area (Å²) in [6, 6.07) is 2.97. The Morgan fingerprint density at radius 3 is 2.48 bits per heavy atom. The largest absolute Gasteiger partial charge is 0.496 e. The smallest absolute Gasteiger partial charge is 0.339 e. The van der Waals surface area contributed by atoms with Crippen molar-refractivity contribution in [3.8, 4) is 5.75 Å². The van der Waals surface area contributed by atoms with E-state index in [1.54, 1.807) is 0 Å². The van der Waals surface area contributed by atoms with Crippen LogP contribution >= 0.6 is 0 Å². The van der Waals surface area contributed by atoms with Gasteiger partial charge in [-0.1, -0.05) is 0 Å². The number of rotatable bonds is 6. The molecule has 0 radical (unpaired) electrons. The minimum absolute atomic E-state index is 0.00545. The first kappa shape index (κ1) is 16.1. The van der Waals surface area contributed by atoms with Crippen molar-refractivity contribution in [1.29, 1.82) is 0 Å². The summed E-state index contributed by atoms with van der Waals surface area (Å²) in [6.07, 6.45) is 0. The van der Waals surface area contributed by atoms with Gasteiger partial charge in [0.15, 0.2) is 0 Å². The molecule has 0 fully saturated rings. The number of carbonyl (C=O) groups is 3. The van der Waals surface area contributed by atoms with E-state index in [0.717, 1.165) is 0 Å². The number of nitrogens with two attached hydrogens (primary N) is 1. The Bertz CT molecular complexity index is 546. The molecule has 0 bridgehead atoms. The molecule has 0 aliphatic rings. The highest BCUT2D eigenvalue weighted by molar-refractivity contribution is 5.94. The van der Waals surface area contributed by atoms with Crippen LogP contribution in [0.4, 0.5) is 15.3 Å². The van der Waals surface area contributed by atoms with Gasteiger partial charge in [-0.15, -0.1) is 0 Å². The average Bonchev–Trinajstić information content (AvgIpc) is 2.43. The van der Waals surface area contributed by atoms with Crippen LogP contribution in [-0.2, 0) is 0 Å². The van der Waals surface area contributed by atoms with Crippen molar-refractivity contribution >= 4 is 23.7 Å². The van der Waals surface area contributed by atoms with Crippen LogP contribution in [0, 0.1) is 0 Å². The molecule has 9 nitrogen and oxygen atoms in total. The number of anilines is 1. The molecular weight excluding hydrogens is 280 g/mol. The van der Waals surface area contributed by atoms with Gasteiger partial charge in [0.1, 0.15) is 11.3 Å². The predicted molar refractivity (Wildman–Crippen MR) is 74.6 cm³/mol. The number of benzene rings is 1. The molecule has 21 heavy (non-hydrogen) atoms. The fourth-order valence-electron chi connectivity index (χ4n) is 1.48. The molecule has 9 heteroatoms. The van der Waals surface area contributed by atoms with Gasteiger partial charge in [-0.25, -0.2) is 14.4 Å². The lowest BCUT2D eigenvalue weighted by Gasteiger charge is -2.10. The first-order valence-corrected chi connectivity index (χ1v) is 5.93. The number of amides is 4. The molecular formula is C12H16N4O5. The predicted octanol–water partition coefficient (Wildman–Crippen LogP) is 0.183. The van der Waals surface area contributed by atoms with Gasteiger partial charge in [-0.3, -0.25) is 0 Å². The maximum atomic E-state index is 11.6. The number of aromatic carboxylic acids is 1. The minimum atomic E-state index is -1.12. The standard InChI is InChI=1S/C12H16N4O5/c1-21-9-6-7(2-3-8(9)10(17)18)16-12(20)15-5-4-14-11(13)19/h2-3,6H,4-5H2,1H3,(H,17,18)(H3,13,14,19)(H2,15,16,20). The monoisotopic (exact) mass is 296 g/mol. The molecule has 0 aliphatic carbocycles. The van der Waals surface area contributed by atoms with E-state index < -0.39 is 18.0 Å². The number of hydrogen-bond acceptors (Lipinski definition) is 4. The number of carboxylic acid groups (broad SMARTS) is 1. The molecule has 0 aliphatic heterocycles. The molecule has 0 saturated carbocycles. The molecule has 0 aromatic heterocycles. The molecule has 4 amide bonds. The molecule has 6 N–H and O–H groups in total. The molecule has 0 atom stereocenters. The number of methoxy groups -OCH3 is 1. The first-order chi connectivity index (χ1) is 9.93. The molecule has 0 heterocycles. The Morgan fingerprint density at radius 1 is 1.24 bits per heavy atom. The lowest BCUT2D eigenvalue weighted by molar-refractivity contribution is 0.0693. The maximum Gasteiger partial charge on any atom is 0.339 e. The van der Waals surface area contributed by atoms with Gasteiger partial charge < -0.3 is 31.5 Å². The zero-order chi connectivity index (χ0) is 15.8. The molecule has 1 aromatic carbocycles. The molecule has 114 valence electrons. The summed E-state index contributed by atoms with van der Waals surface area (Å²) in [5.74, 6) is -0.990. The summed E-state index contributed by atoms with van der Waals surface area (Å²) in [6.45, 7) is 0.392. The van der Waals surface area contributed by atoms with E-state index in [9.17, 15) is 14.4 Å². The van der Waals surface area contributed by atoms with Crippen LogP contribution in [0.15, 0.2) is 18.2 Å². The van der Waals surface area contributed by atoms with E-state index in [-0.39, 0.29) is 24.4 Å². The van der Waals surface area contributed by atoms with Crippen LogP contribution in [0.1, 0.15) is 10.4 Å². The van der Waals surface area contributed by atoms with E-state index in [1.807, 2.05) is 0 Å². The van der Waals surface area contributed by atoms with E-state index in [1.165, 1.54) is 25.3 Å². The van der Waals surface area contributed by atoms with Crippen molar-refractivity contribution in [2.24, 2.45) is 5.73 Å². The first-order valence-electron chi connectivity index (χ1n) is 5.93. The van der Waals surface area contributed by atoms with Crippen LogP contribution in [-0.4, -0.2) is 43.3 Å². The van der Waals surface area contributed by atoms with E-state index in [4.69, 9.17) is 15.6 Å². The van der Waals surface area contributed by atoms with Gasteiger partial charge in [0.2, 0.25) is 0 Å². The summed E-state index contributed by atoms with van der Waals surface area (Å²) in [7, 11) is 1.33.